The average Bonchev–Trinajstić information content (AvgIpc) is 2.69. The number of amides is 1. The Labute approximate surface area is 153 Å². The van der Waals surface area contributed by atoms with Gasteiger partial charge in [-0.25, -0.2) is 0 Å². The Morgan fingerprint density at radius 3 is 2.73 bits per heavy atom. The van der Waals surface area contributed by atoms with Crippen LogP contribution in [0.2, 0.25) is 0 Å². The fraction of sp³-hybridized carbons (Fsp3) is 0.400. The van der Waals surface area contributed by atoms with Crippen LogP contribution in [-0.2, 0) is 12.0 Å². The first-order chi connectivity index (χ1) is 12.7. The molecule has 2 aromatic rings. The second kappa shape index (κ2) is 6.85. The molecule has 1 fully saturated rings. The van der Waals surface area contributed by atoms with Crippen molar-refractivity contribution in [2.75, 3.05) is 26.2 Å². The fourth-order valence-electron chi connectivity index (χ4n) is 4.36. The SMILES string of the molecule is N#CCN1Cc2ccccc2C2(CCN(C(=O)c3ccnnc3)CC2)C1. The summed E-state index contributed by atoms with van der Waals surface area (Å²) in [5.74, 6) is 0.0210. The molecule has 1 aromatic carbocycles. The minimum Gasteiger partial charge on any atom is -0.339 e. The van der Waals surface area contributed by atoms with Gasteiger partial charge in [-0.05, 0) is 30.0 Å². The number of likely N-dealkylation sites (tertiary alicyclic amines) is 1. The van der Waals surface area contributed by atoms with Gasteiger partial charge >= 0.3 is 0 Å². The number of benzene rings is 1. The summed E-state index contributed by atoms with van der Waals surface area (Å²) in [6.45, 7) is 3.60. The number of piperidine rings is 1. The molecule has 2 aliphatic heterocycles. The first-order valence-electron chi connectivity index (χ1n) is 8.95. The van der Waals surface area contributed by atoms with Crippen LogP contribution in [0, 0.1) is 11.3 Å². The summed E-state index contributed by atoms with van der Waals surface area (Å²) >= 11 is 0. The van der Waals surface area contributed by atoms with Crippen LogP contribution in [0.1, 0.15) is 34.3 Å². The Balaban J connectivity index is 1.55. The lowest BCUT2D eigenvalue weighted by Gasteiger charge is -2.48. The third-order valence-corrected chi connectivity index (χ3v) is 5.64. The Bertz CT molecular complexity index is 837. The molecule has 1 amide bonds. The largest absolute Gasteiger partial charge is 0.339 e. The smallest absolute Gasteiger partial charge is 0.255 e. The molecular weight excluding hydrogens is 326 g/mol. The Morgan fingerprint density at radius 1 is 1.19 bits per heavy atom. The van der Waals surface area contributed by atoms with E-state index in [-0.39, 0.29) is 11.3 Å². The third-order valence-electron chi connectivity index (χ3n) is 5.64. The van der Waals surface area contributed by atoms with Crippen molar-refractivity contribution in [3.8, 4) is 6.07 Å². The predicted octanol–water partition coefficient (Wildman–Crippen LogP) is 1.99. The van der Waals surface area contributed by atoms with Crippen molar-refractivity contribution in [1.29, 1.82) is 5.26 Å². The highest BCUT2D eigenvalue weighted by Crippen LogP contribution is 2.41. The monoisotopic (exact) mass is 347 g/mol. The molecule has 0 radical (unpaired) electrons. The molecule has 6 heteroatoms. The Hall–Kier alpha value is -2.78. The number of rotatable bonds is 2. The number of hydrogen-bond acceptors (Lipinski definition) is 5. The number of aromatic nitrogens is 2. The van der Waals surface area contributed by atoms with Gasteiger partial charge in [0.15, 0.2) is 0 Å². The minimum absolute atomic E-state index is 0.0210. The van der Waals surface area contributed by atoms with Gasteiger partial charge in [-0.15, -0.1) is 0 Å². The maximum absolute atomic E-state index is 12.7. The molecule has 0 unspecified atom stereocenters. The first-order valence-corrected chi connectivity index (χ1v) is 8.95. The van der Waals surface area contributed by atoms with E-state index >= 15 is 0 Å². The molecule has 0 saturated carbocycles. The highest BCUT2D eigenvalue weighted by Gasteiger charge is 2.42. The Kier molecular flexibility index (Phi) is 4.39. The van der Waals surface area contributed by atoms with Gasteiger partial charge in [-0.2, -0.15) is 15.5 Å². The van der Waals surface area contributed by atoms with Crippen LogP contribution < -0.4 is 0 Å². The van der Waals surface area contributed by atoms with Crippen molar-refractivity contribution in [2.24, 2.45) is 0 Å². The van der Waals surface area contributed by atoms with Crippen LogP contribution in [-0.4, -0.2) is 52.1 Å². The zero-order valence-corrected chi connectivity index (χ0v) is 14.6. The molecule has 6 nitrogen and oxygen atoms in total. The summed E-state index contributed by atoms with van der Waals surface area (Å²) in [4.78, 5) is 16.8. The number of nitrogens with zero attached hydrogens (tertiary/aromatic N) is 5. The van der Waals surface area contributed by atoms with Crippen LogP contribution in [0.3, 0.4) is 0 Å². The topological polar surface area (TPSA) is 73.1 Å². The molecule has 1 spiro atoms. The summed E-state index contributed by atoms with van der Waals surface area (Å²) in [5.41, 5.74) is 3.32. The van der Waals surface area contributed by atoms with Gasteiger partial charge < -0.3 is 4.90 Å². The lowest BCUT2D eigenvalue weighted by Crippen LogP contribution is -2.53. The maximum atomic E-state index is 12.7. The minimum atomic E-state index is 0.0210. The number of carbonyl (C=O) groups excluding carboxylic acids is 1. The standard InChI is InChI=1S/C20H21N5O/c21-8-12-24-14-17-3-1-2-4-18(17)20(15-24)6-10-25(11-7-20)19(26)16-5-9-22-23-13-16/h1-5,9,13H,6-7,10-12,14-15H2. The van der Waals surface area contributed by atoms with Gasteiger partial charge in [-0.1, -0.05) is 24.3 Å². The van der Waals surface area contributed by atoms with E-state index in [9.17, 15) is 4.79 Å². The van der Waals surface area contributed by atoms with Crippen LogP contribution in [0.15, 0.2) is 42.7 Å². The number of nitriles is 1. The van der Waals surface area contributed by atoms with E-state index in [1.54, 1.807) is 12.3 Å². The van der Waals surface area contributed by atoms with Crippen LogP contribution in [0.25, 0.3) is 0 Å². The highest BCUT2D eigenvalue weighted by atomic mass is 16.2. The molecule has 1 aromatic heterocycles. The van der Waals surface area contributed by atoms with E-state index < -0.39 is 0 Å². The quantitative estimate of drug-likeness (QED) is 0.777. The predicted molar refractivity (Wildman–Crippen MR) is 96.2 cm³/mol. The molecule has 4 rings (SSSR count). The molecule has 2 aliphatic rings. The van der Waals surface area contributed by atoms with E-state index in [2.05, 4.69) is 45.4 Å². The van der Waals surface area contributed by atoms with E-state index in [4.69, 9.17) is 5.26 Å². The maximum Gasteiger partial charge on any atom is 0.255 e. The van der Waals surface area contributed by atoms with Gasteiger partial charge in [0, 0.05) is 31.6 Å². The summed E-state index contributed by atoms with van der Waals surface area (Å²) in [7, 11) is 0. The molecule has 0 N–H and O–H groups in total. The third kappa shape index (κ3) is 2.95. The average molecular weight is 347 g/mol. The molecule has 0 atom stereocenters. The normalized spacial score (nSPS) is 19.0. The highest BCUT2D eigenvalue weighted by molar-refractivity contribution is 5.93. The van der Waals surface area contributed by atoms with Gasteiger partial charge in [0.2, 0.25) is 0 Å². The number of hydrogen-bond donors (Lipinski definition) is 0. The summed E-state index contributed by atoms with van der Waals surface area (Å²) < 4.78 is 0. The van der Waals surface area contributed by atoms with E-state index in [1.165, 1.54) is 17.3 Å². The molecular formula is C20H21N5O. The van der Waals surface area contributed by atoms with Crippen molar-refractivity contribution in [2.45, 2.75) is 24.8 Å². The molecule has 3 heterocycles. The van der Waals surface area contributed by atoms with Gasteiger partial charge in [-0.3, -0.25) is 9.69 Å². The van der Waals surface area contributed by atoms with Crippen molar-refractivity contribution in [1.82, 2.24) is 20.0 Å². The van der Waals surface area contributed by atoms with E-state index in [0.717, 1.165) is 39.0 Å². The van der Waals surface area contributed by atoms with Crippen molar-refractivity contribution in [3.05, 3.63) is 59.4 Å². The first kappa shape index (κ1) is 16.7. The molecule has 0 aliphatic carbocycles. The fourth-order valence-corrected chi connectivity index (χ4v) is 4.36. The van der Waals surface area contributed by atoms with Crippen LogP contribution in [0.4, 0.5) is 0 Å². The Morgan fingerprint density at radius 2 is 2.00 bits per heavy atom. The summed E-state index contributed by atoms with van der Waals surface area (Å²) in [5, 5.41) is 16.7. The van der Waals surface area contributed by atoms with Crippen molar-refractivity contribution < 1.29 is 4.79 Å². The lowest BCUT2D eigenvalue weighted by atomic mass is 9.69. The summed E-state index contributed by atoms with van der Waals surface area (Å²) in [6, 6.07) is 12.6. The van der Waals surface area contributed by atoms with Crippen LogP contribution in [0.5, 0.6) is 0 Å². The second-order valence-corrected chi connectivity index (χ2v) is 7.16. The molecule has 26 heavy (non-hydrogen) atoms. The molecule has 132 valence electrons. The van der Waals surface area contributed by atoms with Crippen molar-refractivity contribution >= 4 is 5.91 Å². The zero-order chi connectivity index (χ0) is 18.0. The molecule has 1 saturated heterocycles. The zero-order valence-electron chi connectivity index (χ0n) is 14.6. The van der Waals surface area contributed by atoms with Crippen molar-refractivity contribution in [3.63, 3.8) is 0 Å². The molecule has 0 bridgehead atoms. The second-order valence-electron chi connectivity index (χ2n) is 7.16. The number of fused-ring (bicyclic) bond motifs is 2. The van der Waals surface area contributed by atoms with Gasteiger partial charge in [0.25, 0.3) is 5.91 Å². The number of carbonyl (C=O) groups is 1. The van der Waals surface area contributed by atoms with E-state index in [1.807, 2.05) is 4.90 Å². The van der Waals surface area contributed by atoms with Gasteiger partial charge in [0.05, 0.1) is 30.6 Å². The summed E-state index contributed by atoms with van der Waals surface area (Å²) in [6.07, 6.45) is 4.90. The lowest BCUT2D eigenvalue weighted by molar-refractivity contribution is 0.0605. The van der Waals surface area contributed by atoms with Crippen LogP contribution >= 0.6 is 0 Å². The van der Waals surface area contributed by atoms with Gasteiger partial charge in [0.1, 0.15) is 0 Å². The van der Waals surface area contributed by atoms with E-state index in [0.29, 0.717) is 12.1 Å².